The SMILES string of the molecule is O=C(/C=C/c1cccs1)NCCn1ccnc1C1CC1. The molecule has 0 spiro atoms. The van der Waals surface area contributed by atoms with Gasteiger partial charge in [-0.15, -0.1) is 11.3 Å². The standard InChI is InChI=1S/C15H17N3OS/c19-14(6-5-13-2-1-11-20-13)16-7-9-18-10-8-17-15(18)12-3-4-12/h1-2,5-6,8,10-12H,3-4,7,9H2,(H,16,19)/b6-5+. The molecule has 1 amide bonds. The minimum absolute atomic E-state index is 0.0495. The first-order valence-corrected chi connectivity index (χ1v) is 7.71. The Morgan fingerprint density at radius 2 is 2.45 bits per heavy atom. The van der Waals surface area contributed by atoms with Crippen LogP contribution >= 0.6 is 11.3 Å². The first-order chi connectivity index (χ1) is 9.83. The first kappa shape index (κ1) is 13.1. The summed E-state index contributed by atoms with van der Waals surface area (Å²) in [4.78, 5) is 17.2. The third-order valence-corrected chi connectivity index (χ3v) is 4.12. The van der Waals surface area contributed by atoms with E-state index in [0.717, 1.165) is 17.2 Å². The average Bonchev–Trinajstić information content (AvgIpc) is 2.98. The van der Waals surface area contributed by atoms with Crippen LogP contribution in [0, 0.1) is 0 Å². The van der Waals surface area contributed by atoms with Crippen LogP contribution in [0.3, 0.4) is 0 Å². The summed E-state index contributed by atoms with van der Waals surface area (Å²) >= 11 is 1.62. The lowest BCUT2D eigenvalue weighted by atomic mass is 10.4. The van der Waals surface area contributed by atoms with Crippen molar-refractivity contribution in [3.63, 3.8) is 0 Å². The molecule has 20 heavy (non-hydrogen) atoms. The van der Waals surface area contributed by atoms with Crippen LogP contribution < -0.4 is 5.32 Å². The molecule has 1 saturated carbocycles. The molecule has 0 aromatic carbocycles. The van der Waals surface area contributed by atoms with Gasteiger partial charge in [0.2, 0.25) is 5.91 Å². The first-order valence-electron chi connectivity index (χ1n) is 6.83. The molecule has 1 N–H and O–H groups in total. The van der Waals surface area contributed by atoms with Crippen LogP contribution in [-0.2, 0) is 11.3 Å². The van der Waals surface area contributed by atoms with Crippen molar-refractivity contribution in [3.05, 3.63) is 46.7 Å². The van der Waals surface area contributed by atoms with E-state index in [1.54, 1.807) is 17.4 Å². The number of imidazole rings is 1. The summed E-state index contributed by atoms with van der Waals surface area (Å²) in [6.45, 7) is 1.41. The number of rotatable bonds is 6. The second-order valence-corrected chi connectivity index (χ2v) is 5.87. The van der Waals surface area contributed by atoms with Crippen LogP contribution in [0.1, 0.15) is 29.5 Å². The van der Waals surface area contributed by atoms with Crippen LogP contribution in [0.2, 0.25) is 0 Å². The third-order valence-electron chi connectivity index (χ3n) is 3.28. The van der Waals surface area contributed by atoms with Crippen LogP contribution in [0.4, 0.5) is 0 Å². The average molecular weight is 287 g/mol. The number of hydrogen-bond acceptors (Lipinski definition) is 3. The van der Waals surface area contributed by atoms with Crippen molar-refractivity contribution in [2.75, 3.05) is 6.54 Å². The molecular weight excluding hydrogens is 270 g/mol. The van der Waals surface area contributed by atoms with Crippen molar-refractivity contribution in [3.8, 4) is 0 Å². The van der Waals surface area contributed by atoms with E-state index >= 15 is 0 Å². The Balaban J connectivity index is 1.45. The summed E-state index contributed by atoms with van der Waals surface area (Å²) < 4.78 is 2.14. The molecule has 1 fully saturated rings. The van der Waals surface area contributed by atoms with Crippen molar-refractivity contribution in [2.24, 2.45) is 0 Å². The normalized spacial score (nSPS) is 14.8. The number of hydrogen-bond donors (Lipinski definition) is 1. The molecule has 0 saturated heterocycles. The third kappa shape index (κ3) is 3.36. The summed E-state index contributed by atoms with van der Waals surface area (Å²) in [5, 5.41) is 4.90. The molecule has 104 valence electrons. The molecular formula is C15H17N3OS. The predicted octanol–water partition coefficient (Wildman–Crippen LogP) is 2.65. The fourth-order valence-corrected chi connectivity index (χ4v) is 2.73. The van der Waals surface area contributed by atoms with E-state index in [9.17, 15) is 4.79 Å². The molecule has 0 aliphatic heterocycles. The van der Waals surface area contributed by atoms with Gasteiger partial charge < -0.3 is 9.88 Å². The van der Waals surface area contributed by atoms with E-state index in [0.29, 0.717) is 12.5 Å². The van der Waals surface area contributed by atoms with Gasteiger partial charge in [-0.1, -0.05) is 6.07 Å². The second kappa shape index (κ2) is 6.05. The molecule has 0 unspecified atom stereocenters. The number of amides is 1. The highest BCUT2D eigenvalue weighted by Gasteiger charge is 2.27. The molecule has 0 radical (unpaired) electrons. The Bertz CT molecular complexity index is 596. The molecule has 4 nitrogen and oxygen atoms in total. The quantitative estimate of drug-likeness (QED) is 0.830. The van der Waals surface area contributed by atoms with E-state index in [-0.39, 0.29) is 5.91 Å². The van der Waals surface area contributed by atoms with Gasteiger partial charge in [0.05, 0.1) is 0 Å². The number of carbonyl (C=O) groups excluding carboxylic acids is 1. The highest BCUT2D eigenvalue weighted by molar-refractivity contribution is 7.10. The number of nitrogens with one attached hydrogen (secondary N) is 1. The van der Waals surface area contributed by atoms with Crippen LogP contribution in [0.5, 0.6) is 0 Å². The number of thiophene rings is 1. The van der Waals surface area contributed by atoms with Gasteiger partial charge in [-0.05, 0) is 30.4 Å². The van der Waals surface area contributed by atoms with Crippen molar-refractivity contribution < 1.29 is 4.79 Å². The Labute approximate surface area is 122 Å². The fourth-order valence-electron chi connectivity index (χ4n) is 2.11. The van der Waals surface area contributed by atoms with Gasteiger partial charge in [0, 0.05) is 42.4 Å². The van der Waals surface area contributed by atoms with Crippen LogP contribution in [0.25, 0.3) is 6.08 Å². The Kier molecular flexibility index (Phi) is 3.97. The molecule has 2 aromatic heterocycles. The zero-order valence-corrected chi connectivity index (χ0v) is 12.0. The summed E-state index contributed by atoms with van der Waals surface area (Å²) in [7, 11) is 0. The zero-order chi connectivity index (χ0) is 13.8. The molecule has 0 atom stereocenters. The van der Waals surface area contributed by atoms with Gasteiger partial charge in [-0.3, -0.25) is 4.79 Å². The van der Waals surface area contributed by atoms with E-state index < -0.39 is 0 Å². The smallest absolute Gasteiger partial charge is 0.244 e. The van der Waals surface area contributed by atoms with Crippen molar-refractivity contribution in [2.45, 2.75) is 25.3 Å². The summed E-state index contributed by atoms with van der Waals surface area (Å²) in [6, 6.07) is 3.96. The van der Waals surface area contributed by atoms with Crippen LogP contribution in [0.15, 0.2) is 36.0 Å². The largest absolute Gasteiger partial charge is 0.351 e. The molecule has 1 aliphatic rings. The van der Waals surface area contributed by atoms with E-state index in [1.807, 2.05) is 36.0 Å². The molecule has 2 aromatic rings. The zero-order valence-electron chi connectivity index (χ0n) is 11.2. The van der Waals surface area contributed by atoms with Gasteiger partial charge >= 0.3 is 0 Å². The maximum atomic E-state index is 11.7. The lowest BCUT2D eigenvalue weighted by Crippen LogP contribution is -2.25. The molecule has 1 aliphatic carbocycles. The molecule has 3 rings (SSSR count). The van der Waals surface area contributed by atoms with Crippen LogP contribution in [-0.4, -0.2) is 22.0 Å². The Morgan fingerprint density at radius 3 is 3.20 bits per heavy atom. The van der Waals surface area contributed by atoms with Gasteiger partial charge in [-0.2, -0.15) is 0 Å². The minimum atomic E-state index is -0.0495. The second-order valence-electron chi connectivity index (χ2n) is 4.89. The lowest BCUT2D eigenvalue weighted by molar-refractivity contribution is -0.116. The fraction of sp³-hybridized carbons (Fsp3) is 0.333. The lowest BCUT2D eigenvalue weighted by Gasteiger charge is -2.07. The molecule has 5 heteroatoms. The van der Waals surface area contributed by atoms with E-state index in [2.05, 4.69) is 14.9 Å². The number of nitrogens with zero attached hydrogens (tertiary/aromatic N) is 2. The highest BCUT2D eigenvalue weighted by atomic mass is 32.1. The Hall–Kier alpha value is -1.88. The van der Waals surface area contributed by atoms with Gasteiger partial charge in [-0.25, -0.2) is 4.98 Å². The highest BCUT2D eigenvalue weighted by Crippen LogP contribution is 2.38. The van der Waals surface area contributed by atoms with Crippen molar-refractivity contribution in [1.29, 1.82) is 0 Å². The topological polar surface area (TPSA) is 46.9 Å². The number of carbonyl (C=O) groups is 1. The number of aromatic nitrogens is 2. The summed E-state index contributed by atoms with van der Waals surface area (Å²) in [5.74, 6) is 1.75. The molecule has 2 heterocycles. The maximum absolute atomic E-state index is 11.7. The summed E-state index contributed by atoms with van der Waals surface area (Å²) in [5.41, 5.74) is 0. The van der Waals surface area contributed by atoms with Gasteiger partial charge in [0.15, 0.2) is 0 Å². The van der Waals surface area contributed by atoms with E-state index in [1.165, 1.54) is 12.8 Å². The minimum Gasteiger partial charge on any atom is -0.351 e. The molecule has 0 bridgehead atoms. The predicted molar refractivity (Wildman–Crippen MR) is 80.6 cm³/mol. The monoisotopic (exact) mass is 287 g/mol. The van der Waals surface area contributed by atoms with Gasteiger partial charge in [0.25, 0.3) is 0 Å². The van der Waals surface area contributed by atoms with E-state index in [4.69, 9.17) is 0 Å². The van der Waals surface area contributed by atoms with Crippen molar-refractivity contribution >= 4 is 23.3 Å². The summed E-state index contributed by atoms with van der Waals surface area (Å²) in [6.07, 6.45) is 9.74. The van der Waals surface area contributed by atoms with Crippen molar-refractivity contribution in [1.82, 2.24) is 14.9 Å². The van der Waals surface area contributed by atoms with Gasteiger partial charge in [0.1, 0.15) is 5.82 Å². The Morgan fingerprint density at radius 1 is 1.55 bits per heavy atom. The maximum Gasteiger partial charge on any atom is 0.244 e.